The zero-order chi connectivity index (χ0) is 20.1. The monoisotopic (exact) mass is 388 g/mol. The highest BCUT2D eigenvalue weighted by molar-refractivity contribution is 6.06. The fourth-order valence-electron chi connectivity index (χ4n) is 3.39. The number of aliphatic carboxylic acids is 1. The van der Waals surface area contributed by atoms with Crippen LogP contribution in [-0.2, 0) is 9.53 Å². The van der Waals surface area contributed by atoms with E-state index in [1.807, 2.05) is 6.92 Å². The number of carbonyl (C=O) groups is 3. The molecule has 1 unspecified atom stereocenters. The Bertz CT molecular complexity index is 798. The molecule has 0 aliphatic carbocycles. The third kappa shape index (κ3) is 4.01. The van der Waals surface area contributed by atoms with Gasteiger partial charge < -0.3 is 19.9 Å². The van der Waals surface area contributed by atoms with Gasteiger partial charge in [0.2, 0.25) is 5.72 Å². The van der Waals surface area contributed by atoms with E-state index in [2.05, 4.69) is 5.32 Å². The second-order valence-electron chi connectivity index (χ2n) is 6.86. The number of carboxylic acid groups (broad SMARTS) is 1. The van der Waals surface area contributed by atoms with E-state index >= 15 is 0 Å². The highest BCUT2D eigenvalue weighted by Gasteiger charge is 2.51. The van der Waals surface area contributed by atoms with Gasteiger partial charge in [0.25, 0.3) is 5.91 Å². The minimum atomic E-state index is -1.12. The molecule has 28 heavy (non-hydrogen) atoms. The first-order valence-corrected chi connectivity index (χ1v) is 9.43. The fraction of sp³-hybridized carbons (Fsp3) is 0.450. The third-order valence-corrected chi connectivity index (χ3v) is 4.79. The van der Waals surface area contributed by atoms with Gasteiger partial charge in [-0.1, -0.05) is 19.4 Å². The van der Waals surface area contributed by atoms with E-state index in [1.165, 1.54) is 12.1 Å². The zero-order valence-electron chi connectivity index (χ0n) is 15.8. The normalized spacial score (nSPS) is 21.5. The Labute approximate surface area is 163 Å². The summed E-state index contributed by atoms with van der Waals surface area (Å²) >= 11 is 0. The molecular formula is C20H24N2O6. The molecule has 1 aromatic carbocycles. The minimum absolute atomic E-state index is 0.205. The molecule has 8 heteroatoms. The molecule has 2 heterocycles. The highest BCUT2D eigenvalue weighted by atomic mass is 16.6. The van der Waals surface area contributed by atoms with Crippen molar-refractivity contribution in [2.75, 3.05) is 19.7 Å². The Morgan fingerprint density at radius 3 is 2.93 bits per heavy atom. The summed E-state index contributed by atoms with van der Waals surface area (Å²) in [5.41, 5.74) is -0.393. The van der Waals surface area contributed by atoms with Crippen molar-refractivity contribution >= 4 is 24.0 Å². The van der Waals surface area contributed by atoms with Crippen molar-refractivity contribution < 1.29 is 29.0 Å². The van der Waals surface area contributed by atoms with Gasteiger partial charge in [0.1, 0.15) is 5.75 Å². The summed E-state index contributed by atoms with van der Waals surface area (Å²) < 4.78 is 11.5. The van der Waals surface area contributed by atoms with Gasteiger partial charge in [-0.15, -0.1) is 0 Å². The van der Waals surface area contributed by atoms with Crippen molar-refractivity contribution in [1.82, 2.24) is 10.2 Å². The minimum Gasteiger partial charge on any atom is -0.478 e. The molecule has 0 aromatic heterocycles. The number of fused-ring (bicyclic) bond motifs is 1. The summed E-state index contributed by atoms with van der Waals surface area (Å²) in [6.45, 7) is 3.32. The molecular weight excluding hydrogens is 364 g/mol. The molecule has 1 saturated heterocycles. The van der Waals surface area contributed by atoms with E-state index in [1.54, 1.807) is 12.1 Å². The number of ether oxygens (including phenoxy) is 2. The first-order valence-electron chi connectivity index (χ1n) is 9.43. The maximum absolute atomic E-state index is 13.2. The van der Waals surface area contributed by atoms with Crippen LogP contribution in [0.4, 0.5) is 4.79 Å². The quantitative estimate of drug-likeness (QED) is 0.590. The molecule has 3 rings (SSSR count). The van der Waals surface area contributed by atoms with Crippen LogP contribution in [0.2, 0.25) is 0 Å². The Morgan fingerprint density at radius 2 is 2.25 bits per heavy atom. The lowest BCUT2D eigenvalue weighted by Gasteiger charge is -2.47. The summed E-state index contributed by atoms with van der Waals surface area (Å²) in [4.78, 5) is 37.8. The van der Waals surface area contributed by atoms with Gasteiger partial charge in [0, 0.05) is 12.5 Å². The van der Waals surface area contributed by atoms with E-state index in [0.717, 1.165) is 30.4 Å². The van der Waals surface area contributed by atoms with Crippen molar-refractivity contribution in [2.45, 2.75) is 38.3 Å². The van der Waals surface area contributed by atoms with Crippen LogP contribution in [-0.4, -0.2) is 53.4 Å². The third-order valence-electron chi connectivity index (χ3n) is 4.79. The zero-order valence-corrected chi connectivity index (χ0v) is 15.8. The molecule has 1 atom stereocenters. The lowest BCUT2D eigenvalue weighted by Crippen LogP contribution is -2.66. The molecule has 2 N–H and O–H groups in total. The Hall–Kier alpha value is -2.87. The fourth-order valence-corrected chi connectivity index (χ4v) is 3.39. The molecule has 1 fully saturated rings. The predicted molar refractivity (Wildman–Crippen MR) is 101 cm³/mol. The van der Waals surface area contributed by atoms with E-state index in [0.29, 0.717) is 30.7 Å². The van der Waals surface area contributed by atoms with E-state index in [-0.39, 0.29) is 12.2 Å². The number of unbranched alkanes of at least 4 members (excludes halogenated alkanes) is 1. The van der Waals surface area contributed by atoms with Crippen LogP contribution in [0.25, 0.3) is 6.08 Å². The van der Waals surface area contributed by atoms with Gasteiger partial charge >= 0.3 is 12.1 Å². The van der Waals surface area contributed by atoms with Crippen molar-refractivity contribution in [1.29, 1.82) is 0 Å². The van der Waals surface area contributed by atoms with Gasteiger partial charge in [0.15, 0.2) is 0 Å². The largest absolute Gasteiger partial charge is 0.478 e. The molecule has 2 amide bonds. The summed E-state index contributed by atoms with van der Waals surface area (Å²) in [6, 6.07) is 4.82. The molecule has 150 valence electrons. The number of hydrogen-bond acceptors (Lipinski definition) is 6. The summed E-state index contributed by atoms with van der Waals surface area (Å²) in [7, 11) is 0. The predicted octanol–water partition coefficient (Wildman–Crippen LogP) is 2.64. The van der Waals surface area contributed by atoms with Crippen LogP contribution >= 0.6 is 0 Å². The van der Waals surface area contributed by atoms with Crippen LogP contribution in [0.1, 0.15) is 48.5 Å². The van der Waals surface area contributed by atoms with Gasteiger partial charge in [-0.3, -0.25) is 4.79 Å². The summed E-state index contributed by atoms with van der Waals surface area (Å²) in [5, 5.41) is 12.0. The van der Waals surface area contributed by atoms with Crippen molar-refractivity contribution in [3.05, 3.63) is 35.4 Å². The van der Waals surface area contributed by atoms with Crippen molar-refractivity contribution in [3.63, 3.8) is 0 Å². The average molecular weight is 388 g/mol. The number of amides is 2. The van der Waals surface area contributed by atoms with Gasteiger partial charge in [0.05, 0.1) is 18.7 Å². The van der Waals surface area contributed by atoms with Crippen molar-refractivity contribution in [3.8, 4) is 5.75 Å². The highest BCUT2D eigenvalue weighted by Crippen LogP contribution is 2.38. The number of imide groups is 1. The number of benzene rings is 1. The Morgan fingerprint density at radius 1 is 1.43 bits per heavy atom. The smallest absolute Gasteiger partial charge is 0.420 e. The van der Waals surface area contributed by atoms with E-state index in [9.17, 15) is 14.4 Å². The second kappa shape index (κ2) is 8.43. The van der Waals surface area contributed by atoms with Crippen LogP contribution in [0.5, 0.6) is 5.75 Å². The molecule has 1 spiro atoms. The molecule has 0 radical (unpaired) electrons. The lowest BCUT2D eigenvalue weighted by atomic mass is 9.96. The lowest BCUT2D eigenvalue weighted by molar-refractivity contribution is -0.131. The number of nitrogens with one attached hydrogen (secondary N) is 1. The first kappa shape index (κ1) is 19.9. The summed E-state index contributed by atoms with van der Waals surface area (Å²) in [5.74, 6) is -1.22. The van der Waals surface area contributed by atoms with Gasteiger partial charge in [-0.2, -0.15) is 0 Å². The SMILES string of the molecule is CCCCOC(=O)N1C(=O)c2cc(/C=C/C(=O)O)ccc2OC12CCCNC2. The maximum atomic E-state index is 13.2. The molecule has 0 bridgehead atoms. The first-order chi connectivity index (χ1) is 13.5. The molecule has 0 saturated carbocycles. The van der Waals surface area contributed by atoms with Crippen LogP contribution in [0.3, 0.4) is 0 Å². The Balaban J connectivity index is 1.95. The number of hydrogen-bond donors (Lipinski definition) is 2. The molecule has 2 aliphatic heterocycles. The Kier molecular flexibility index (Phi) is 5.99. The van der Waals surface area contributed by atoms with Crippen LogP contribution < -0.4 is 10.1 Å². The number of carboxylic acids is 1. The van der Waals surface area contributed by atoms with E-state index < -0.39 is 23.7 Å². The molecule has 8 nitrogen and oxygen atoms in total. The summed E-state index contributed by atoms with van der Waals surface area (Å²) in [6.07, 6.45) is 4.48. The average Bonchev–Trinajstić information content (AvgIpc) is 2.67. The van der Waals surface area contributed by atoms with E-state index in [4.69, 9.17) is 14.6 Å². The van der Waals surface area contributed by atoms with Gasteiger partial charge in [-0.25, -0.2) is 14.5 Å². The number of rotatable bonds is 5. The van der Waals surface area contributed by atoms with Crippen LogP contribution in [0, 0.1) is 0 Å². The topological polar surface area (TPSA) is 105 Å². The number of piperidine rings is 1. The van der Waals surface area contributed by atoms with Crippen LogP contribution in [0.15, 0.2) is 24.3 Å². The number of carbonyl (C=O) groups excluding carboxylic acids is 2. The maximum Gasteiger partial charge on any atom is 0.420 e. The van der Waals surface area contributed by atoms with Crippen molar-refractivity contribution in [2.24, 2.45) is 0 Å². The standard InChI is InChI=1S/C20H24N2O6/c1-2-3-11-27-19(26)22-18(25)15-12-14(6-8-17(23)24)5-7-16(15)28-20(22)9-4-10-21-13-20/h5-8,12,21H,2-4,9-11,13H2,1H3,(H,23,24)/b8-6+. The molecule has 1 aromatic rings. The van der Waals surface area contributed by atoms with Gasteiger partial charge in [-0.05, 0) is 43.2 Å². The second-order valence-corrected chi connectivity index (χ2v) is 6.86. The number of nitrogens with zero attached hydrogens (tertiary/aromatic N) is 1. The molecule has 2 aliphatic rings.